The summed E-state index contributed by atoms with van der Waals surface area (Å²) in [5, 5.41) is 0. The molecule has 0 aromatic heterocycles. The van der Waals surface area contributed by atoms with Gasteiger partial charge in [0, 0.05) is 13.0 Å². The fraction of sp³-hybridized carbons (Fsp3) is 1.00. The average molecular weight is 288 g/mol. The van der Waals surface area contributed by atoms with Gasteiger partial charge in [0.2, 0.25) is 0 Å². The van der Waals surface area contributed by atoms with Crippen LogP contribution in [0.4, 0.5) is 0 Å². The van der Waals surface area contributed by atoms with Crippen molar-refractivity contribution in [3.05, 3.63) is 0 Å². The fourth-order valence-electron chi connectivity index (χ4n) is 3.11. The summed E-state index contributed by atoms with van der Waals surface area (Å²) in [6.07, 6.45) is 3.05. The molecule has 0 aromatic carbocycles. The number of methoxy groups -OCH3 is 1. The number of hydrogen-bond acceptors (Lipinski definition) is 4. The Morgan fingerprint density at radius 2 is 1.65 bits per heavy atom. The first-order valence-corrected chi connectivity index (χ1v) is 8.06. The van der Waals surface area contributed by atoms with Crippen LogP contribution < -0.4 is 0 Å². The highest BCUT2D eigenvalue weighted by Gasteiger charge is 2.54. The first kappa shape index (κ1) is 17.9. The van der Waals surface area contributed by atoms with Crippen molar-refractivity contribution in [1.82, 2.24) is 0 Å². The predicted octanol–water partition coefficient (Wildman–Crippen LogP) is 3.73. The van der Waals surface area contributed by atoms with Crippen LogP contribution in [-0.2, 0) is 18.9 Å². The summed E-state index contributed by atoms with van der Waals surface area (Å²) in [6.45, 7) is 12.3. The second kappa shape index (κ2) is 7.74. The molecule has 2 heterocycles. The molecule has 20 heavy (non-hydrogen) atoms. The maximum absolute atomic E-state index is 6.08. The number of hydrogen-bond donors (Lipinski definition) is 0. The van der Waals surface area contributed by atoms with Gasteiger partial charge in [0.1, 0.15) is 6.10 Å². The Bertz CT molecular complexity index is 280. The molecule has 0 bridgehead atoms. The van der Waals surface area contributed by atoms with Crippen molar-refractivity contribution < 1.29 is 18.9 Å². The quantitative estimate of drug-likeness (QED) is 0.790. The summed E-state index contributed by atoms with van der Waals surface area (Å²) in [4.78, 5) is 0. The van der Waals surface area contributed by atoms with Crippen LogP contribution in [0.15, 0.2) is 0 Å². The summed E-state index contributed by atoms with van der Waals surface area (Å²) in [5.41, 5.74) is 0. The van der Waals surface area contributed by atoms with E-state index in [0.717, 1.165) is 19.3 Å². The van der Waals surface area contributed by atoms with Gasteiger partial charge in [-0.05, 0) is 26.7 Å². The Balaban J connectivity index is 0.000000956. The molecule has 2 aliphatic rings. The highest BCUT2D eigenvalue weighted by Crippen LogP contribution is 2.42. The van der Waals surface area contributed by atoms with E-state index in [2.05, 4.69) is 13.8 Å². The lowest BCUT2D eigenvalue weighted by Gasteiger charge is -2.41. The lowest BCUT2D eigenvalue weighted by atomic mass is 9.87. The zero-order valence-electron chi connectivity index (χ0n) is 14.1. The molecule has 2 fully saturated rings. The summed E-state index contributed by atoms with van der Waals surface area (Å²) in [7, 11) is 1.71. The Kier molecular flexibility index (Phi) is 6.92. The van der Waals surface area contributed by atoms with E-state index in [0.29, 0.717) is 0 Å². The first-order chi connectivity index (χ1) is 9.52. The molecule has 2 rings (SSSR count). The maximum Gasteiger partial charge on any atom is 0.163 e. The minimum absolute atomic E-state index is 0.0382. The molecule has 0 N–H and O–H groups in total. The van der Waals surface area contributed by atoms with Crippen LogP contribution in [0, 0.1) is 5.92 Å². The van der Waals surface area contributed by atoms with Gasteiger partial charge in [-0.1, -0.05) is 34.1 Å². The lowest BCUT2D eigenvalue weighted by Crippen LogP contribution is -2.53. The van der Waals surface area contributed by atoms with E-state index in [1.54, 1.807) is 7.11 Å². The van der Waals surface area contributed by atoms with Crippen LogP contribution in [-0.4, -0.2) is 37.5 Å². The molecule has 0 saturated carbocycles. The van der Waals surface area contributed by atoms with Gasteiger partial charge in [0.15, 0.2) is 12.1 Å². The van der Waals surface area contributed by atoms with Crippen LogP contribution in [0.2, 0.25) is 0 Å². The van der Waals surface area contributed by atoms with Gasteiger partial charge in [0.05, 0.1) is 12.2 Å². The molecule has 0 amide bonds. The van der Waals surface area contributed by atoms with Gasteiger partial charge in [0.25, 0.3) is 0 Å². The third kappa shape index (κ3) is 3.73. The largest absolute Gasteiger partial charge is 0.355 e. The zero-order valence-corrected chi connectivity index (χ0v) is 14.1. The number of fused-ring (bicyclic) bond motifs is 1. The molecule has 0 spiro atoms. The Morgan fingerprint density at radius 1 is 1.05 bits per heavy atom. The van der Waals surface area contributed by atoms with Crippen LogP contribution in [0.1, 0.15) is 60.8 Å². The van der Waals surface area contributed by atoms with Gasteiger partial charge in [-0.25, -0.2) is 0 Å². The van der Waals surface area contributed by atoms with E-state index in [1.807, 2.05) is 27.7 Å². The molecule has 4 heteroatoms. The normalized spacial score (nSPS) is 38.9. The topological polar surface area (TPSA) is 36.9 Å². The summed E-state index contributed by atoms with van der Waals surface area (Å²) in [6, 6.07) is 0. The monoisotopic (exact) mass is 288 g/mol. The second-order valence-corrected chi connectivity index (χ2v) is 5.70. The van der Waals surface area contributed by atoms with Gasteiger partial charge in [-0.2, -0.15) is 0 Å². The fourth-order valence-corrected chi connectivity index (χ4v) is 3.11. The van der Waals surface area contributed by atoms with E-state index in [1.165, 1.54) is 0 Å². The van der Waals surface area contributed by atoms with Crippen molar-refractivity contribution in [3.8, 4) is 0 Å². The molecular weight excluding hydrogens is 256 g/mol. The Hall–Kier alpha value is -0.160. The highest BCUT2D eigenvalue weighted by atomic mass is 16.8. The number of rotatable bonds is 4. The molecule has 0 radical (unpaired) electrons. The lowest BCUT2D eigenvalue weighted by molar-refractivity contribution is -0.252. The van der Waals surface area contributed by atoms with Gasteiger partial charge < -0.3 is 18.9 Å². The van der Waals surface area contributed by atoms with Crippen molar-refractivity contribution >= 4 is 0 Å². The van der Waals surface area contributed by atoms with E-state index >= 15 is 0 Å². The molecule has 5 unspecified atom stereocenters. The smallest absolute Gasteiger partial charge is 0.163 e. The standard InChI is InChI=1S/C14H26O4.C2H6/c1-6-8-10-12-11(17-14(3,4)18-12)9(7-2)13(15-5)16-10;1-2/h9-13H,6-8H2,1-5H3;1-2H3. The van der Waals surface area contributed by atoms with Crippen molar-refractivity contribution in [1.29, 1.82) is 0 Å². The molecule has 5 atom stereocenters. The summed E-state index contributed by atoms with van der Waals surface area (Å²) >= 11 is 0. The zero-order chi connectivity index (χ0) is 15.3. The number of ether oxygens (including phenoxy) is 4. The molecule has 0 aromatic rings. The highest BCUT2D eigenvalue weighted by molar-refractivity contribution is 4.95. The van der Waals surface area contributed by atoms with Crippen molar-refractivity contribution in [2.45, 2.75) is 91.2 Å². The molecular formula is C16H32O4. The van der Waals surface area contributed by atoms with Crippen molar-refractivity contribution in [3.63, 3.8) is 0 Å². The Morgan fingerprint density at radius 3 is 2.15 bits per heavy atom. The van der Waals surface area contributed by atoms with Gasteiger partial charge in [-0.15, -0.1) is 0 Å². The third-order valence-corrected chi connectivity index (χ3v) is 3.89. The minimum Gasteiger partial charge on any atom is -0.355 e. The molecule has 120 valence electrons. The van der Waals surface area contributed by atoms with Crippen LogP contribution in [0.5, 0.6) is 0 Å². The average Bonchev–Trinajstić information content (AvgIpc) is 2.76. The second-order valence-electron chi connectivity index (χ2n) is 5.70. The van der Waals surface area contributed by atoms with E-state index in [9.17, 15) is 0 Å². The predicted molar refractivity (Wildman–Crippen MR) is 79.5 cm³/mol. The molecule has 4 nitrogen and oxygen atoms in total. The summed E-state index contributed by atoms with van der Waals surface area (Å²) in [5.74, 6) is -0.268. The van der Waals surface area contributed by atoms with E-state index < -0.39 is 5.79 Å². The van der Waals surface area contributed by atoms with Crippen molar-refractivity contribution in [2.24, 2.45) is 5.92 Å². The molecule has 2 aliphatic heterocycles. The summed E-state index contributed by atoms with van der Waals surface area (Å²) < 4.78 is 23.7. The first-order valence-electron chi connectivity index (χ1n) is 8.06. The SMILES string of the molecule is CC.CCCC1OC(OC)C(CC)C2OC(C)(C)OC12. The van der Waals surface area contributed by atoms with Gasteiger partial charge in [-0.3, -0.25) is 0 Å². The van der Waals surface area contributed by atoms with E-state index in [-0.39, 0.29) is 30.5 Å². The molecule has 2 saturated heterocycles. The van der Waals surface area contributed by atoms with Crippen LogP contribution in [0.25, 0.3) is 0 Å². The van der Waals surface area contributed by atoms with E-state index in [4.69, 9.17) is 18.9 Å². The van der Waals surface area contributed by atoms with Gasteiger partial charge >= 0.3 is 0 Å². The Labute approximate surface area is 124 Å². The van der Waals surface area contributed by atoms with Crippen LogP contribution in [0.3, 0.4) is 0 Å². The van der Waals surface area contributed by atoms with Crippen LogP contribution >= 0.6 is 0 Å². The molecule has 0 aliphatic carbocycles. The third-order valence-electron chi connectivity index (χ3n) is 3.89. The van der Waals surface area contributed by atoms with Crippen molar-refractivity contribution in [2.75, 3.05) is 7.11 Å². The minimum atomic E-state index is -0.513. The maximum atomic E-state index is 6.08.